The largest absolute Gasteiger partial charge is 0.321 e. The quantitative estimate of drug-likeness (QED) is 0.335. The summed E-state index contributed by atoms with van der Waals surface area (Å²) in [5.41, 5.74) is 3.41. The molecule has 0 atom stereocenters. The van der Waals surface area contributed by atoms with Crippen molar-refractivity contribution in [3.05, 3.63) is 88.8 Å². The summed E-state index contributed by atoms with van der Waals surface area (Å²) >= 11 is 1.39. The molecule has 1 N–H and O–H groups in total. The lowest BCUT2D eigenvalue weighted by molar-refractivity contribution is 0.103. The van der Waals surface area contributed by atoms with E-state index < -0.39 is 10.0 Å². The normalized spacial score (nSPS) is 11.5. The van der Waals surface area contributed by atoms with Gasteiger partial charge in [0.1, 0.15) is 0 Å². The minimum absolute atomic E-state index is 0.180. The number of amides is 1. The SMILES string of the molecule is CCCN(c1ccc2sc(C(=O)Nc3cccc(C)c3)cc2c1)S(=O)(=O)c1ccc(C)cc1. The average Bonchev–Trinajstić information content (AvgIpc) is 3.21. The summed E-state index contributed by atoms with van der Waals surface area (Å²) in [6.45, 7) is 6.22. The van der Waals surface area contributed by atoms with E-state index in [2.05, 4.69) is 5.32 Å². The van der Waals surface area contributed by atoms with Crippen LogP contribution in [-0.2, 0) is 10.0 Å². The summed E-state index contributed by atoms with van der Waals surface area (Å²) in [5, 5.41) is 3.77. The molecule has 0 aliphatic heterocycles. The zero-order valence-electron chi connectivity index (χ0n) is 18.8. The van der Waals surface area contributed by atoms with Crippen molar-refractivity contribution in [1.82, 2.24) is 0 Å². The van der Waals surface area contributed by atoms with E-state index in [4.69, 9.17) is 0 Å². The lowest BCUT2D eigenvalue weighted by Gasteiger charge is -2.24. The van der Waals surface area contributed by atoms with Crippen molar-refractivity contribution in [2.24, 2.45) is 0 Å². The van der Waals surface area contributed by atoms with Crippen LogP contribution in [0.25, 0.3) is 10.1 Å². The number of hydrogen-bond acceptors (Lipinski definition) is 4. The molecular formula is C26H26N2O3S2. The van der Waals surface area contributed by atoms with Crippen molar-refractivity contribution >= 4 is 48.7 Å². The molecule has 170 valence electrons. The molecule has 1 heterocycles. The summed E-state index contributed by atoms with van der Waals surface area (Å²) in [6, 6.07) is 21.9. The number of nitrogens with zero attached hydrogens (tertiary/aromatic N) is 1. The smallest absolute Gasteiger partial charge is 0.265 e. The van der Waals surface area contributed by atoms with Crippen LogP contribution in [0.4, 0.5) is 11.4 Å². The number of rotatable bonds is 7. The summed E-state index contributed by atoms with van der Waals surface area (Å²) < 4.78 is 29.1. The Hall–Kier alpha value is -3.16. The first kappa shape index (κ1) is 23.0. The topological polar surface area (TPSA) is 66.5 Å². The number of aryl methyl sites for hydroxylation is 2. The van der Waals surface area contributed by atoms with Crippen LogP contribution in [0.3, 0.4) is 0 Å². The first-order valence-corrected chi connectivity index (χ1v) is 13.0. The number of carbonyl (C=O) groups excluding carboxylic acids is 1. The Labute approximate surface area is 198 Å². The van der Waals surface area contributed by atoms with Crippen LogP contribution in [0.15, 0.2) is 77.7 Å². The number of sulfonamides is 1. The van der Waals surface area contributed by atoms with Crippen LogP contribution >= 0.6 is 11.3 Å². The van der Waals surface area contributed by atoms with Gasteiger partial charge in [0.15, 0.2) is 0 Å². The van der Waals surface area contributed by atoms with Gasteiger partial charge in [-0.3, -0.25) is 9.10 Å². The van der Waals surface area contributed by atoms with E-state index in [1.54, 1.807) is 24.3 Å². The highest BCUT2D eigenvalue weighted by molar-refractivity contribution is 7.92. The minimum Gasteiger partial charge on any atom is -0.321 e. The molecule has 0 unspecified atom stereocenters. The molecule has 7 heteroatoms. The van der Waals surface area contributed by atoms with Crippen molar-refractivity contribution < 1.29 is 13.2 Å². The Kier molecular flexibility index (Phi) is 6.54. The fourth-order valence-corrected chi connectivity index (χ4v) is 6.13. The molecule has 1 amide bonds. The Balaban J connectivity index is 1.66. The standard InChI is InChI=1S/C26H26N2O3S2/c1-4-14-28(33(30,31)23-11-8-18(2)9-12-23)22-10-13-24-20(16-22)17-25(32-24)26(29)27-21-7-5-6-19(3)15-21/h5-13,15-17H,4,14H2,1-3H3,(H,27,29). The van der Waals surface area contributed by atoms with Crippen molar-refractivity contribution in [2.45, 2.75) is 32.1 Å². The van der Waals surface area contributed by atoms with E-state index in [1.807, 2.05) is 69.3 Å². The second-order valence-electron chi connectivity index (χ2n) is 8.05. The molecule has 0 bridgehead atoms. The van der Waals surface area contributed by atoms with Crippen LogP contribution in [0.5, 0.6) is 0 Å². The number of nitrogens with one attached hydrogen (secondary N) is 1. The lowest BCUT2D eigenvalue weighted by atomic mass is 10.2. The summed E-state index contributed by atoms with van der Waals surface area (Å²) in [7, 11) is -3.70. The maximum atomic E-state index is 13.4. The summed E-state index contributed by atoms with van der Waals surface area (Å²) in [4.78, 5) is 13.6. The summed E-state index contributed by atoms with van der Waals surface area (Å²) in [6.07, 6.45) is 0.677. The molecule has 3 aromatic carbocycles. The molecule has 5 nitrogen and oxygen atoms in total. The first-order valence-electron chi connectivity index (χ1n) is 10.8. The monoisotopic (exact) mass is 478 g/mol. The van der Waals surface area contributed by atoms with E-state index in [1.165, 1.54) is 15.6 Å². The average molecular weight is 479 g/mol. The Morgan fingerprint density at radius 3 is 2.39 bits per heavy atom. The Bertz CT molecular complexity index is 1410. The van der Waals surface area contributed by atoms with Crippen molar-refractivity contribution in [3.63, 3.8) is 0 Å². The van der Waals surface area contributed by atoms with Gasteiger partial charge in [0.25, 0.3) is 15.9 Å². The minimum atomic E-state index is -3.70. The molecule has 0 aliphatic rings. The first-order chi connectivity index (χ1) is 15.8. The molecule has 0 spiro atoms. The zero-order chi connectivity index (χ0) is 23.6. The van der Waals surface area contributed by atoms with Crippen molar-refractivity contribution in [3.8, 4) is 0 Å². The van der Waals surface area contributed by atoms with Gasteiger partial charge in [-0.05, 0) is 79.7 Å². The second kappa shape index (κ2) is 9.37. The molecule has 1 aromatic heterocycles. The van der Waals surface area contributed by atoms with Gasteiger partial charge in [0.05, 0.1) is 15.5 Å². The molecule has 0 aliphatic carbocycles. The summed E-state index contributed by atoms with van der Waals surface area (Å²) in [5.74, 6) is -0.180. The van der Waals surface area contributed by atoms with Gasteiger partial charge in [-0.1, -0.05) is 36.8 Å². The third-order valence-corrected chi connectivity index (χ3v) is 8.28. The number of hydrogen-bond donors (Lipinski definition) is 1. The lowest BCUT2D eigenvalue weighted by Crippen LogP contribution is -2.31. The van der Waals surface area contributed by atoms with E-state index in [-0.39, 0.29) is 10.8 Å². The highest BCUT2D eigenvalue weighted by atomic mass is 32.2. The van der Waals surface area contributed by atoms with Gasteiger partial charge in [0, 0.05) is 16.9 Å². The molecular weight excluding hydrogens is 452 g/mol. The van der Waals surface area contributed by atoms with Crippen LogP contribution < -0.4 is 9.62 Å². The number of carbonyl (C=O) groups is 1. The van der Waals surface area contributed by atoms with Gasteiger partial charge in [0.2, 0.25) is 0 Å². The molecule has 4 rings (SSSR count). The van der Waals surface area contributed by atoms with Crippen molar-refractivity contribution in [1.29, 1.82) is 0 Å². The predicted octanol–water partition coefficient (Wildman–Crippen LogP) is 6.38. The van der Waals surface area contributed by atoms with Crippen LogP contribution in [0.2, 0.25) is 0 Å². The van der Waals surface area contributed by atoms with Gasteiger partial charge >= 0.3 is 0 Å². The third kappa shape index (κ3) is 4.94. The Morgan fingerprint density at radius 2 is 1.70 bits per heavy atom. The van der Waals surface area contributed by atoms with E-state index in [9.17, 15) is 13.2 Å². The van der Waals surface area contributed by atoms with Gasteiger partial charge < -0.3 is 5.32 Å². The number of fused-ring (bicyclic) bond motifs is 1. The molecule has 33 heavy (non-hydrogen) atoms. The Morgan fingerprint density at radius 1 is 0.939 bits per heavy atom. The second-order valence-corrected chi connectivity index (χ2v) is 11.0. The van der Waals surface area contributed by atoms with Crippen LogP contribution in [-0.4, -0.2) is 20.9 Å². The van der Waals surface area contributed by atoms with Crippen LogP contribution in [0.1, 0.15) is 34.1 Å². The van der Waals surface area contributed by atoms with E-state index >= 15 is 0 Å². The van der Waals surface area contributed by atoms with E-state index in [0.717, 1.165) is 26.9 Å². The van der Waals surface area contributed by atoms with Crippen molar-refractivity contribution in [2.75, 3.05) is 16.2 Å². The highest BCUT2D eigenvalue weighted by Gasteiger charge is 2.25. The van der Waals surface area contributed by atoms with E-state index in [0.29, 0.717) is 23.5 Å². The molecule has 0 saturated carbocycles. The fourth-order valence-electron chi connectivity index (χ4n) is 3.64. The maximum Gasteiger partial charge on any atom is 0.265 e. The molecule has 0 fully saturated rings. The molecule has 4 aromatic rings. The van der Waals surface area contributed by atoms with Gasteiger partial charge in [-0.25, -0.2) is 8.42 Å². The molecule has 0 radical (unpaired) electrons. The van der Waals surface area contributed by atoms with Gasteiger partial charge in [-0.2, -0.15) is 0 Å². The fraction of sp³-hybridized carbons (Fsp3) is 0.192. The molecule has 0 saturated heterocycles. The third-order valence-electron chi connectivity index (χ3n) is 5.32. The van der Waals surface area contributed by atoms with Gasteiger partial charge in [-0.15, -0.1) is 11.3 Å². The van der Waals surface area contributed by atoms with Crippen LogP contribution in [0, 0.1) is 13.8 Å². The zero-order valence-corrected chi connectivity index (χ0v) is 20.5. The highest BCUT2D eigenvalue weighted by Crippen LogP contribution is 2.32. The predicted molar refractivity (Wildman–Crippen MR) is 137 cm³/mol. The maximum absolute atomic E-state index is 13.4. The number of benzene rings is 3. The number of thiophene rings is 1. The number of anilines is 2.